The van der Waals surface area contributed by atoms with Gasteiger partial charge in [0.15, 0.2) is 0 Å². The zero-order valence-electron chi connectivity index (χ0n) is 14.7. The molecular weight excluding hydrogens is 335 g/mol. The number of hydrogen-bond acceptors (Lipinski definition) is 5. The molecule has 2 atom stereocenters. The fourth-order valence-corrected chi connectivity index (χ4v) is 3.41. The number of ether oxygens (including phenoxy) is 1. The summed E-state index contributed by atoms with van der Waals surface area (Å²) < 4.78 is 44.9. The first-order valence-electron chi connectivity index (χ1n) is 8.40. The number of methoxy groups -OCH3 is 1. The largest absolute Gasteiger partial charge is 0.419 e. The first-order chi connectivity index (χ1) is 11.8. The molecule has 1 saturated heterocycles. The molecule has 0 unspecified atom stereocenters. The fraction of sp³-hybridized carbons (Fsp3) is 0.706. The Kier molecular flexibility index (Phi) is 7.04. The van der Waals surface area contributed by atoms with Gasteiger partial charge in [-0.25, -0.2) is 4.98 Å². The molecule has 2 rings (SSSR count). The second-order valence-electron chi connectivity index (χ2n) is 6.68. The number of aromatic nitrogens is 1. The van der Waals surface area contributed by atoms with Gasteiger partial charge in [-0.15, -0.1) is 0 Å². The minimum Gasteiger partial charge on any atom is -0.396 e. The topological polar surface area (TPSA) is 48.8 Å². The van der Waals surface area contributed by atoms with Crippen molar-refractivity contribution in [1.29, 1.82) is 0 Å². The van der Waals surface area contributed by atoms with Crippen LogP contribution < -0.4 is 4.90 Å². The van der Waals surface area contributed by atoms with Gasteiger partial charge in [0.1, 0.15) is 5.82 Å². The summed E-state index contributed by atoms with van der Waals surface area (Å²) in [7, 11) is 3.60. The van der Waals surface area contributed by atoms with Gasteiger partial charge in [0.05, 0.1) is 12.2 Å². The highest BCUT2D eigenvalue weighted by Gasteiger charge is 2.37. The highest BCUT2D eigenvalue weighted by molar-refractivity contribution is 5.49. The lowest BCUT2D eigenvalue weighted by molar-refractivity contribution is -0.137. The van der Waals surface area contributed by atoms with E-state index in [1.165, 1.54) is 12.3 Å². The van der Waals surface area contributed by atoms with E-state index in [9.17, 15) is 18.3 Å². The van der Waals surface area contributed by atoms with Crippen molar-refractivity contribution in [3.63, 3.8) is 0 Å². The average Bonchev–Trinajstić information content (AvgIpc) is 2.58. The third-order valence-electron chi connectivity index (χ3n) is 4.52. The smallest absolute Gasteiger partial charge is 0.396 e. The first kappa shape index (κ1) is 19.9. The maximum Gasteiger partial charge on any atom is 0.419 e. The van der Waals surface area contributed by atoms with Crippen molar-refractivity contribution in [2.75, 3.05) is 58.5 Å². The van der Waals surface area contributed by atoms with Crippen LogP contribution >= 0.6 is 0 Å². The highest BCUT2D eigenvalue weighted by Crippen LogP contribution is 2.37. The van der Waals surface area contributed by atoms with Crippen LogP contribution in [0.4, 0.5) is 19.0 Å². The number of anilines is 1. The molecule has 1 aromatic rings. The Balaban J connectivity index is 2.15. The molecule has 0 aromatic carbocycles. The molecule has 2 heterocycles. The maximum atomic E-state index is 13.3. The summed E-state index contributed by atoms with van der Waals surface area (Å²) in [6.07, 6.45) is -2.27. The molecule has 0 radical (unpaired) electrons. The van der Waals surface area contributed by atoms with Crippen LogP contribution in [0, 0.1) is 11.8 Å². The summed E-state index contributed by atoms with van der Waals surface area (Å²) in [6.45, 7) is 2.94. The van der Waals surface area contributed by atoms with Crippen LogP contribution in [0.1, 0.15) is 12.0 Å². The van der Waals surface area contributed by atoms with Crippen LogP contribution in [0.15, 0.2) is 18.3 Å². The Labute approximate surface area is 146 Å². The number of pyridine rings is 1. The van der Waals surface area contributed by atoms with Crippen molar-refractivity contribution < 1.29 is 23.0 Å². The van der Waals surface area contributed by atoms with Crippen molar-refractivity contribution in [3.8, 4) is 0 Å². The van der Waals surface area contributed by atoms with Crippen LogP contribution in [-0.4, -0.2) is 68.5 Å². The van der Waals surface area contributed by atoms with E-state index in [1.54, 1.807) is 12.0 Å². The van der Waals surface area contributed by atoms with E-state index in [2.05, 4.69) is 9.88 Å². The zero-order valence-corrected chi connectivity index (χ0v) is 14.7. The van der Waals surface area contributed by atoms with Crippen LogP contribution in [-0.2, 0) is 10.9 Å². The lowest BCUT2D eigenvalue weighted by Crippen LogP contribution is -2.46. The number of nitrogens with zero attached hydrogens (tertiary/aromatic N) is 3. The number of halogens is 3. The predicted octanol–water partition coefficient (Wildman–Crippen LogP) is 2.11. The summed E-state index contributed by atoms with van der Waals surface area (Å²) in [6, 6.07) is 2.36. The Morgan fingerprint density at radius 2 is 2.08 bits per heavy atom. The quantitative estimate of drug-likeness (QED) is 0.806. The molecule has 142 valence electrons. The molecule has 1 N–H and O–H groups in total. The van der Waals surface area contributed by atoms with Gasteiger partial charge >= 0.3 is 6.18 Å². The Morgan fingerprint density at radius 3 is 2.72 bits per heavy atom. The molecule has 1 fully saturated rings. The van der Waals surface area contributed by atoms with Gasteiger partial charge < -0.3 is 19.6 Å². The van der Waals surface area contributed by atoms with Crippen molar-refractivity contribution in [2.45, 2.75) is 12.6 Å². The van der Waals surface area contributed by atoms with Crippen LogP contribution in [0.3, 0.4) is 0 Å². The Hall–Kier alpha value is -1.38. The van der Waals surface area contributed by atoms with Gasteiger partial charge in [0, 0.05) is 46.1 Å². The minimum atomic E-state index is -4.44. The van der Waals surface area contributed by atoms with E-state index < -0.39 is 11.7 Å². The maximum absolute atomic E-state index is 13.3. The summed E-state index contributed by atoms with van der Waals surface area (Å²) in [5, 5.41) is 9.58. The second-order valence-corrected chi connectivity index (χ2v) is 6.68. The van der Waals surface area contributed by atoms with Gasteiger partial charge in [-0.1, -0.05) is 0 Å². The molecule has 8 heteroatoms. The normalized spacial score (nSPS) is 21.8. The monoisotopic (exact) mass is 361 g/mol. The number of aliphatic hydroxyl groups is 1. The van der Waals surface area contributed by atoms with E-state index >= 15 is 0 Å². The molecule has 25 heavy (non-hydrogen) atoms. The van der Waals surface area contributed by atoms with E-state index in [0.29, 0.717) is 19.7 Å². The van der Waals surface area contributed by atoms with Gasteiger partial charge in [0.25, 0.3) is 0 Å². The number of rotatable bonds is 7. The zero-order chi connectivity index (χ0) is 18.4. The van der Waals surface area contributed by atoms with Crippen molar-refractivity contribution in [3.05, 3.63) is 23.9 Å². The number of aliphatic hydroxyl groups excluding tert-OH is 1. The van der Waals surface area contributed by atoms with E-state index in [4.69, 9.17) is 4.74 Å². The summed E-state index contributed by atoms with van der Waals surface area (Å²) in [5.74, 6) is 0.0613. The molecule has 0 spiro atoms. The van der Waals surface area contributed by atoms with Crippen molar-refractivity contribution in [2.24, 2.45) is 11.8 Å². The third kappa shape index (κ3) is 5.55. The van der Waals surface area contributed by atoms with Gasteiger partial charge in [-0.2, -0.15) is 13.2 Å². The molecular formula is C17H26F3N3O2. The Morgan fingerprint density at radius 1 is 1.36 bits per heavy atom. The minimum absolute atomic E-state index is 0.0387. The number of hydrogen-bond donors (Lipinski definition) is 1. The van der Waals surface area contributed by atoms with E-state index in [0.717, 1.165) is 25.6 Å². The van der Waals surface area contributed by atoms with Crippen LogP contribution in [0.2, 0.25) is 0 Å². The molecule has 5 nitrogen and oxygen atoms in total. The molecule has 1 aliphatic rings. The molecule has 1 aliphatic heterocycles. The lowest BCUT2D eigenvalue weighted by atomic mass is 9.89. The first-order valence-corrected chi connectivity index (χ1v) is 8.40. The van der Waals surface area contributed by atoms with Gasteiger partial charge in [-0.3, -0.25) is 0 Å². The molecule has 0 aliphatic carbocycles. The van der Waals surface area contributed by atoms with E-state index in [-0.39, 0.29) is 24.3 Å². The summed E-state index contributed by atoms with van der Waals surface area (Å²) in [5.41, 5.74) is -0.722. The van der Waals surface area contributed by atoms with E-state index in [1.807, 2.05) is 7.05 Å². The number of piperidine rings is 1. The van der Waals surface area contributed by atoms with Crippen LogP contribution in [0.5, 0.6) is 0 Å². The molecule has 0 saturated carbocycles. The molecule has 0 bridgehead atoms. The fourth-order valence-electron chi connectivity index (χ4n) is 3.41. The predicted molar refractivity (Wildman–Crippen MR) is 89.5 cm³/mol. The standard InChI is InChI=1S/C17H26F3N3O2/c1-22(6-7-25-2)9-13-8-14(12-24)11-23(10-13)16-15(17(18,19)20)4-3-5-21-16/h3-5,13-14,24H,6-12H2,1-2H3/t13-,14+/m0/s1. The van der Waals surface area contributed by atoms with Gasteiger partial charge in [0.2, 0.25) is 0 Å². The number of likely N-dealkylation sites (N-methyl/N-ethyl adjacent to an activating group) is 1. The van der Waals surface area contributed by atoms with Crippen molar-refractivity contribution in [1.82, 2.24) is 9.88 Å². The third-order valence-corrected chi connectivity index (χ3v) is 4.52. The summed E-state index contributed by atoms with van der Waals surface area (Å²) >= 11 is 0. The van der Waals surface area contributed by atoms with Crippen LogP contribution in [0.25, 0.3) is 0 Å². The lowest BCUT2D eigenvalue weighted by Gasteiger charge is -2.40. The van der Waals surface area contributed by atoms with Crippen molar-refractivity contribution >= 4 is 5.82 Å². The SMILES string of the molecule is COCCN(C)C[C@@H]1C[C@@H](CO)CN(c2ncccc2C(F)(F)F)C1. The highest BCUT2D eigenvalue weighted by atomic mass is 19.4. The molecule has 0 amide bonds. The summed E-state index contributed by atoms with van der Waals surface area (Å²) in [4.78, 5) is 7.77. The number of alkyl halides is 3. The second kappa shape index (κ2) is 8.82. The Bertz CT molecular complexity index is 542. The van der Waals surface area contributed by atoms with Gasteiger partial charge in [-0.05, 0) is 37.4 Å². The molecule has 1 aromatic heterocycles. The average molecular weight is 361 g/mol.